The number of unbranched alkanes of at least 4 members (excludes halogenated alkanes) is 1. The number of aromatic hydroxyl groups is 1. The number of nitrogens with zero attached hydrogens (tertiary/aromatic N) is 3. The molecule has 0 aliphatic carbocycles. The molecule has 1 unspecified atom stereocenters. The Morgan fingerprint density at radius 1 is 1.14 bits per heavy atom. The van der Waals surface area contributed by atoms with Crippen molar-refractivity contribution in [1.82, 2.24) is 14.5 Å². The molecule has 4 rings (SSSR count). The van der Waals surface area contributed by atoms with Gasteiger partial charge in [0.15, 0.2) is 5.56 Å². The molecule has 1 amide bonds. The van der Waals surface area contributed by atoms with Gasteiger partial charge in [0.25, 0.3) is 11.5 Å². The molecule has 1 aliphatic rings. The van der Waals surface area contributed by atoms with Crippen LogP contribution in [-0.4, -0.2) is 52.3 Å². The summed E-state index contributed by atoms with van der Waals surface area (Å²) in [5.41, 5.74) is 1.26. The van der Waals surface area contributed by atoms with Crippen LogP contribution < -0.4 is 5.56 Å². The predicted octanol–water partition coefficient (Wildman–Crippen LogP) is 4.16. The predicted molar refractivity (Wildman–Crippen MR) is 135 cm³/mol. The number of methoxy groups -OCH3 is 1. The highest BCUT2D eigenvalue weighted by Crippen LogP contribution is 2.29. The fourth-order valence-corrected chi connectivity index (χ4v) is 4.84. The summed E-state index contributed by atoms with van der Waals surface area (Å²) in [6.45, 7) is 3.32. The number of benzene rings is 2. The van der Waals surface area contributed by atoms with Crippen LogP contribution in [0.4, 0.5) is 0 Å². The van der Waals surface area contributed by atoms with Crippen molar-refractivity contribution in [2.45, 2.75) is 44.6 Å². The third-order valence-corrected chi connectivity index (χ3v) is 6.70. The first kappa shape index (κ1) is 24.7. The fraction of sp³-hybridized carbons (Fsp3) is 0.393. The molecule has 1 fully saturated rings. The fourth-order valence-electron chi connectivity index (χ4n) is 4.84. The van der Waals surface area contributed by atoms with E-state index in [-0.39, 0.29) is 18.1 Å². The number of rotatable bonds is 9. The first-order chi connectivity index (χ1) is 17.0. The summed E-state index contributed by atoms with van der Waals surface area (Å²) >= 11 is 0. The molecule has 7 heteroatoms. The molecule has 2 heterocycles. The van der Waals surface area contributed by atoms with E-state index < -0.39 is 23.4 Å². The zero-order valence-electron chi connectivity index (χ0n) is 20.4. The molecule has 1 saturated heterocycles. The van der Waals surface area contributed by atoms with E-state index in [4.69, 9.17) is 4.74 Å². The first-order valence-electron chi connectivity index (χ1n) is 12.3. The molecule has 2 atom stereocenters. The number of hydrogen-bond acceptors (Lipinski definition) is 5. The minimum Gasteiger partial charge on any atom is -0.493 e. The molecule has 1 aromatic heterocycles. The number of ether oxygens (including phenoxy) is 1. The molecular weight excluding hydrogens is 442 g/mol. The van der Waals surface area contributed by atoms with Gasteiger partial charge in [-0.25, -0.2) is 0 Å². The summed E-state index contributed by atoms with van der Waals surface area (Å²) in [6, 6.07) is 19.2. The van der Waals surface area contributed by atoms with Gasteiger partial charge in [-0.3, -0.25) is 14.2 Å². The third-order valence-electron chi connectivity index (χ3n) is 6.70. The van der Waals surface area contributed by atoms with E-state index in [1.807, 2.05) is 48.5 Å². The summed E-state index contributed by atoms with van der Waals surface area (Å²) in [5.74, 6) is -0.305. The minimum atomic E-state index is -0.525. The molecule has 1 aliphatic heterocycles. The lowest BCUT2D eigenvalue weighted by Crippen LogP contribution is -2.39. The van der Waals surface area contributed by atoms with Crippen LogP contribution >= 0.6 is 0 Å². The lowest BCUT2D eigenvalue weighted by atomic mass is 9.99. The van der Waals surface area contributed by atoms with Crippen molar-refractivity contribution in [2.24, 2.45) is 0 Å². The zero-order chi connectivity index (χ0) is 24.8. The third kappa shape index (κ3) is 5.30. The Labute approximate surface area is 206 Å². The highest BCUT2D eigenvalue weighted by atomic mass is 16.5. The molecule has 0 radical (unpaired) electrons. The second-order valence-corrected chi connectivity index (χ2v) is 9.03. The summed E-state index contributed by atoms with van der Waals surface area (Å²) in [6.07, 6.45) is 3.04. The maximum atomic E-state index is 13.9. The van der Waals surface area contributed by atoms with Crippen molar-refractivity contribution in [1.29, 1.82) is 0 Å². The number of likely N-dealkylation sites (tertiary alicyclic amines) is 1. The molecule has 0 saturated carbocycles. The van der Waals surface area contributed by atoms with Crippen LogP contribution in [0.15, 0.2) is 65.5 Å². The molecular formula is C28H33N3O4. The van der Waals surface area contributed by atoms with Crippen molar-refractivity contribution in [3.05, 3.63) is 93.5 Å². The topological polar surface area (TPSA) is 84.7 Å². The highest BCUT2D eigenvalue weighted by Gasteiger charge is 2.33. The maximum Gasteiger partial charge on any atom is 0.271 e. The van der Waals surface area contributed by atoms with Gasteiger partial charge in [0.05, 0.1) is 12.6 Å². The van der Waals surface area contributed by atoms with Crippen LogP contribution in [0.1, 0.15) is 65.5 Å². The van der Waals surface area contributed by atoms with Gasteiger partial charge in [0.2, 0.25) is 5.88 Å². The number of aromatic nitrogens is 2. The Morgan fingerprint density at radius 3 is 2.49 bits per heavy atom. The van der Waals surface area contributed by atoms with E-state index in [2.05, 4.69) is 24.0 Å². The molecule has 7 nitrogen and oxygen atoms in total. The minimum absolute atomic E-state index is 0.201. The standard InChI is InChI=1S/C28H33N3O4/c1-3-4-15-24-29-26(32)25(27(33)30-17-16-22(18-30)20-11-7-5-8-12-20)28(34)31(24)23(19-35-2)21-13-9-6-10-14-21/h5-14,22-23,32H,3-4,15-19H2,1-2H3/t22-,23?/m0/s1. The van der Waals surface area contributed by atoms with Crippen LogP contribution in [0.5, 0.6) is 5.88 Å². The van der Waals surface area contributed by atoms with Crippen molar-refractivity contribution in [3.63, 3.8) is 0 Å². The lowest BCUT2D eigenvalue weighted by Gasteiger charge is -2.24. The van der Waals surface area contributed by atoms with Crippen LogP contribution in [0.25, 0.3) is 0 Å². The Balaban J connectivity index is 1.74. The Morgan fingerprint density at radius 2 is 1.83 bits per heavy atom. The monoisotopic (exact) mass is 475 g/mol. The van der Waals surface area contributed by atoms with Crippen LogP contribution in [0, 0.1) is 0 Å². The van der Waals surface area contributed by atoms with Gasteiger partial charge in [0.1, 0.15) is 5.82 Å². The molecule has 0 spiro atoms. The van der Waals surface area contributed by atoms with Crippen molar-refractivity contribution < 1.29 is 14.6 Å². The van der Waals surface area contributed by atoms with Crippen molar-refractivity contribution in [3.8, 4) is 5.88 Å². The summed E-state index contributed by atoms with van der Waals surface area (Å²) in [5, 5.41) is 10.8. The van der Waals surface area contributed by atoms with Crippen LogP contribution in [-0.2, 0) is 11.2 Å². The van der Waals surface area contributed by atoms with Gasteiger partial charge < -0.3 is 14.7 Å². The van der Waals surface area contributed by atoms with Gasteiger partial charge in [-0.1, -0.05) is 74.0 Å². The van der Waals surface area contributed by atoms with E-state index in [0.717, 1.165) is 24.8 Å². The van der Waals surface area contributed by atoms with E-state index >= 15 is 0 Å². The van der Waals surface area contributed by atoms with Crippen molar-refractivity contribution in [2.75, 3.05) is 26.8 Å². The number of aryl methyl sites for hydroxylation is 1. The molecule has 3 aromatic rings. The number of carbonyl (C=O) groups is 1. The quantitative estimate of drug-likeness (QED) is 0.502. The SMILES string of the molecule is CCCCc1nc(O)c(C(=O)N2CC[C@H](c3ccccc3)C2)c(=O)n1C(COC)c1ccccc1. The van der Waals surface area contributed by atoms with Gasteiger partial charge in [-0.15, -0.1) is 0 Å². The van der Waals surface area contributed by atoms with Gasteiger partial charge in [-0.05, 0) is 24.0 Å². The second kappa shape index (κ2) is 11.3. The van der Waals surface area contributed by atoms with E-state index in [9.17, 15) is 14.7 Å². The van der Waals surface area contributed by atoms with E-state index in [1.165, 1.54) is 5.56 Å². The number of carbonyl (C=O) groups excluding carboxylic acids is 1. The summed E-state index contributed by atoms with van der Waals surface area (Å²) in [4.78, 5) is 33.5. The van der Waals surface area contributed by atoms with E-state index in [1.54, 1.807) is 16.6 Å². The first-order valence-corrected chi connectivity index (χ1v) is 12.3. The normalized spacial score (nSPS) is 16.4. The average molecular weight is 476 g/mol. The van der Waals surface area contributed by atoms with Crippen molar-refractivity contribution >= 4 is 5.91 Å². The second-order valence-electron chi connectivity index (χ2n) is 9.03. The smallest absolute Gasteiger partial charge is 0.271 e. The molecule has 1 N–H and O–H groups in total. The summed E-state index contributed by atoms with van der Waals surface area (Å²) in [7, 11) is 1.58. The van der Waals surface area contributed by atoms with Crippen LogP contribution in [0.2, 0.25) is 0 Å². The molecule has 2 aromatic carbocycles. The van der Waals surface area contributed by atoms with Gasteiger partial charge in [-0.2, -0.15) is 4.98 Å². The van der Waals surface area contributed by atoms with Gasteiger partial charge >= 0.3 is 0 Å². The Bertz CT molecular complexity index is 1190. The average Bonchev–Trinajstić information content (AvgIpc) is 3.38. The maximum absolute atomic E-state index is 13.9. The van der Waals surface area contributed by atoms with Crippen LogP contribution in [0.3, 0.4) is 0 Å². The lowest BCUT2D eigenvalue weighted by molar-refractivity contribution is 0.0783. The molecule has 184 valence electrons. The van der Waals surface area contributed by atoms with Gasteiger partial charge in [0, 0.05) is 32.5 Å². The molecule has 0 bridgehead atoms. The largest absolute Gasteiger partial charge is 0.493 e. The zero-order valence-corrected chi connectivity index (χ0v) is 20.4. The molecule has 35 heavy (non-hydrogen) atoms. The highest BCUT2D eigenvalue weighted by molar-refractivity contribution is 5.96. The van der Waals surface area contributed by atoms with E-state index in [0.29, 0.717) is 25.3 Å². The Kier molecular flexibility index (Phi) is 7.98. The number of amides is 1. The Hall–Kier alpha value is -3.45. The summed E-state index contributed by atoms with van der Waals surface area (Å²) < 4.78 is 7.02. The number of hydrogen-bond donors (Lipinski definition) is 1.